The number of benzene rings is 2. The molecular formula is C52H69N3O7. The number of pyridine rings is 1. The number of hydrogen-bond donors (Lipinski definition) is 2. The van der Waals surface area contributed by atoms with Crippen molar-refractivity contribution in [2.75, 3.05) is 26.4 Å². The molecule has 0 bridgehead atoms. The first-order valence-electron chi connectivity index (χ1n) is 23.5. The summed E-state index contributed by atoms with van der Waals surface area (Å²) in [7, 11) is 0. The van der Waals surface area contributed by atoms with Gasteiger partial charge < -0.3 is 34.2 Å². The topological polar surface area (TPSA) is 123 Å². The molecule has 3 aromatic rings. The lowest BCUT2D eigenvalue weighted by atomic mass is 9.55. The minimum atomic E-state index is -1.27. The van der Waals surface area contributed by atoms with Crippen LogP contribution in [0.15, 0.2) is 96.2 Å². The number of allylic oxidation sites excluding steroid dienone is 1. The number of rotatable bonds is 23. The Labute approximate surface area is 369 Å². The molecule has 2 N–H and O–H groups in total. The highest BCUT2D eigenvalue weighted by Gasteiger charge is 2.65. The van der Waals surface area contributed by atoms with E-state index in [1.807, 2.05) is 67.6 Å². The van der Waals surface area contributed by atoms with Crippen LogP contribution in [0.3, 0.4) is 0 Å². The third kappa shape index (κ3) is 10.6. The van der Waals surface area contributed by atoms with Crippen LogP contribution in [0.1, 0.15) is 125 Å². The molecule has 1 aromatic heterocycles. The van der Waals surface area contributed by atoms with Crippen LogP contribution in [0.25, 0.3) is 0 Å². The number of fused-ring (bicyclic) bond motifs is 2. The molecule has 0 spiro atoms. The van der Waals surface area contributed by atoms with Crippen LogP contribution in [-0.4, -0.2) is 69.9 Å². The summed E-state index contributed by atoms with van der Waals surface area (Å²) in [6.07, 6.45) is 16.5. The second-order valence-electron chi connectivity index (χ2n) is 17.9. The Bertz CT molecular complexity index is 1980. The van der Waals surface area contributed by atoms with Gasteiger partial charge in [0.2, 0.25) is 11.7 Å². The van der Waals surface area contributed by atoms with Gasteiger partial charge in [-0.1, -0.05) is 99.2 Å². The fourth-order valence-electron chi connectivity index (χ4n) is 10.8. The second-order valence-corrected chi connectivity index (χ2v) is 17.9. The summed E-state index contributed by atoms with van der Waals surface area (Å²) in [5.74, 6) is 0.652. The van der Waals surface area contributed by atoms with E-state index < -0.39 is 11.8 Å². The molecular weight excluding hydrogens is 779 g/mol. The van der Waals surface area contributed by atoms with Crippen molar-refractivity contribution in [3.8, 4) is 11.5 Å². The minimum absolute atomic E-state index is 0.124. The zero-order chi connectivity index (χ0) is 43.3. The number of aromatic nitrogens is 1. The Morgan fingerprint density at radius 2 is 1.77 bits per heavy atom. The van der Waals surface area contributed by atoms with Gasteiger partial charge in [0.15, 0.2) is 0 Å². The molecule has 1 amide bonds. The number of unbranched alkanes of at least 4 members (excludes halogenated alkanes) is 2. The zero-order valence-corrected chi connectivity index (χ0v) is 37.1. The maximum atomic E-state index is 14.8. The number of aliphatic hydroxyl groups is 2. The number of hydrogen-bond acceptors (Lipinski definition) is 9. The van der Waals surface area contributed by atoms with Gasteiger partial charge in [-0.25, -0.2) is 0 Å². The molecule has 0 radical (unpaired) electrons. The molecule has 3 aliphatic carbocycles. The molecule has 0 saturated heterocycles. The van der Waals surface area contributed by atoms with E-state index in [4.69, 9.17) is 24.2 Å². The van der Waals surface area contributed by atoms with Crippen molar-refractivity contribution in [3.05, 3.63) is 114 Å². The van der Waals surface area contributed by atoms with Crippen LogP contribution >= 0.6 is 0 Å². The number of carbonyl (C=O) groups is 1. The van der Waals surface area contributed by atoms with E-state index in [1.165, 1.54) is 25.7 Å². The maximum Gasteiger partial charge on any atom is 0.239 e. The maximum absolute atomic E-state index is 14.8. The van der Waals surface area contributed by atoms with E-state index in [0.29, 0.717) is 51.4 Å². The average molecular weight is 848 g/mol. The first kappa shape index (κ1) is 45.5. The fourth-order valence-corrected chi connectivity index (χ4v) is 10.8. The molecule has 2 aromatic carbocycles. The predicted molar refractivity (Wildman–Crippen MR) is 243 cm³/mol. The Morgan fingerprint density at radius 3 is 2.52 bits per heavy atom. The number of amides is 1. The van der Waals surface area contributed by atoms with Gasteiger partial charge in [-0.2, -0.15) is 0 Å². The molecule has 334 valence electrons. The number of aliphatic hydroxyl groups excluding tert-OH is 2. The van der Waals surface area contributed by atoms with Crippen LogP contribution in [0.2, 0.25) is 0 Å². The molecule has 6 atom stereocenters. The van der Waals surface area contributed by atoms with E-state index in [2.05, 4.69) is 35.5 Å². The summed E-state index contributed by atoms with van der Waals surface area (Å²) in [4.78, 5) is 27.8. The van der Waals surface area contributed by atoms with Crippen molar-refractivity contribution >= 4 is 11.6 Å². The monoisotopic (exact) mass is 848 g/mol. The van der Waals surface area contributed by atoms with E-state index in [-0.39, 0.29) is 49.4 Å². The lowest BCUT2D eigenvalue weighted by Crippen LogP contribution is -2.70. The molecule has 2 saturated carbocycles. The summed E-state index contributed by atoms with van der Waals surface area (Å²) in [5.41, 5.74) is 5.69. The molecule has 2 heterocycles. The molecule has 4 aliphatic rings. The van der Waals surface area contributed by atoms with Gasteiger partial charge in [0.05, 0.1) is 23.9 Å². The Hall–Kier alpha value is -4.51. The van der Waals surface area contributed by atoms with Gasteiger partial charge in [0.1, 0.15) is 30.8 Å². The van der Waals surface area contributed by atoms with Crippen molar-refractivity contribution in [2.45, 2.75) is 135 Å². The zero-order valence-electron chi connectivity index (χ0n) is 37.1. The van der Waals surface area contributed by atoms with Crippen LogP contribution < -0.4 is 9.47 Å². The van der Waals surface area contributed by atoms with E-state index in [0.717, 1.165) is 83.8 Å². The van der Waals surface area contributed by atoms with E-state index in [9.17, 15) is 15.0 Å². The average Bonchev–Trinajstić information content (AvgIpc) is 3.82. The Kier molecular flexibility index (Phi) is 16.3. The number of carbonyl (C=O) groups excluding carboxylic acids is 1. The van der Waals surface area contributed by atoms with Crippen LogP contribution in [0, 0.1) is 30.6 Å². The lowest BCUT2D eigenvalue weighted by molar-refractivity contribution is -0.257. The number of nitrogens with zero attached hydrogens (tertiary/aromatic N) is 3. The lowest BCUT2D eigenvalue weighted by Gasteiger charge is -2.60. The Morgan fingerprint density at radius 1 is 0.984 bits per heavy atom. The highest BCUT2D eigenvalue weighted by molar-refractivity contribution is 6.03. The summed E-state index contributed by atoms with van der Waals surface area (Å²) in [6.45, 7) is 9.89. The molecule has 1 aliphatic heterocycles. The van der Waals surface area contributed by atoms with Crippen molar-refractivity contribution < 1.29 is 34.1 Å². The first-order chi connectivity index (χ1) is 30.4. The van der Waals surface area contributed by atoms with Gasteiger partial charge >= 0.3 is 0 Å². The third-order valence-corrected chi connectivity index (χ3v) is 13.6. The van der Waals surface area contributed by atoms with Gasteiger partial charge in [0, 0.05) is 49.8 Å². The normalized spacial score (nSPS) is 24.7. The highest BCUT2D eigenvalue weighted by Crippen LogP contribution is 2.62. The van der Waals surface area contributed by atoms with Crippen LogP contribution in [0.4, 0.5) is 0 Å². The molecule has 2 fully saturated rings. The second kappa shape index (κ2) is 22.2. The SMILES string of the molecule is C=CCOC12Oc3ccc(OCc4cccc(C)n4)cc3C3C(CCCCO)C(CCCCO)C=C(C(=NOCc4ccccc4)CC1N(CCC)C(=O)CCC1CCCC1)C32. The van der Waals surface area contributed by atoms with E-state index >= 15 is 0 Å². The van der Waals surface area contributed by atoms with Gasteiger partial charge in [0.25, 0.3) is 0 Å². The quantitative estimate of drug-likeness (QED) is 0.0550. The van der Waals surface area contributed by atoms with Crippen molar-refractivity contribution in [2.24, 2.45) is 28.8 Å². The number of ether oxygens (including phenoxy) is 3. The Balaban J connectivity index is 1.38. The first-order valence-corrected chi connectivity index (χ1v) is 23.5. The van der Waals surface area contributed by atoms with Gasteiger partial charge in [-0.05, 0) is 105 Å². The summed E-state index contributed by atoms with van der Waals surface area (Å²) < 4.78 is 21.1. The summed E-state index contributed by atoms with van der Waals surface area (Å²) in [6, 6.07) is 21.6. The number of aryl methyl sites for hydroxylation is 1. The minimum Gasteiger partial charge on any atom is -0.487 e. The summed E-state index contributed by atoms with van der Waals surface area (Å²) >= 11 is 0. The summed E-state index contributed by atoms with van der Waals surface area (Å²) in [5, 5.41) is 25.0. The third-order valence-electron chi connectivity index (χ3n) is 13.6. The molecule has 10 heteroatoms. The molecule has 10 nitrogen and oxygen atoms in total. The fraction of sp³-hybridized carbons (Fsp3) is 0.558. The molecule has 6 unspecified atom stereocenters. The molecule has 7 rings (SSSR count). The highest BCUT2D eigenvalue weighted by atomic mass is 16.7. The smallest absolute Gasteiger partial charge is 0.239 e. The van der Waals surface area contributed by atoms with E-state index in [1.54, 1.807) is 6.08 Å². The van der Waals surface area contributed by atoms with Crippen molar-refractivity contribution in [3.63, 3.8) is 0 Å². The standard InChI is InChI=1S/C52H69N3O7/c1-4-28-55(49(58)27-24-38-17-9-10-18-38)48-34-46(54-61-35-39-19-7-6-8-20-39)44-32-40(21-11-13-29-56)43(23-12-14-30-57)50-45-33-42(59-36-41-22-15-16-37(3)53-41)25-26-47(45)62-52(48,51(44)50)60-31-5-2/h5-8,15-16,19-20,22,25-26,32-33,38,40,43,48,50-51,56-57H,2,4,9-14,17-18,21,23-24,27-31,34-36H2,1,3H3. The van der Waals surface area contributed by atoms with Gasteiger partial charge in [-0.15, -0.1) is 6.58 Å². The predicted octanol–water partition coefficient (Wildman–Crippen LogP) is 10.0. The van der Waals surface area contributed by atoms with Crippen molar-refractivity contribution in [1.29, 1.82) is 0 Å². The van der Waals surface area contributed by atoms with Crippen LogP contribution in [-0.2, 0) is 27.6 Å². The number of oxime groups is 1. The largest absolute Gasteiger partial charge is 0.487 e. The van der Waals surface area contributed by atoms with Gasteiger partial charge in [-0.3, -0.25) is 9.78 Å². The molecule has 62 heavy (non-hydrogen) atoms. The van der Waals surface area contributed by atoms with Crippen molar-refractivity contribution in [1.82, 2.24) is 9.88 Å². The van der Waals surface area contributed by atoms with Crippen LogP contribution in [0.5, 0.6) is 11.5 Å².